The molecule has 2 aromatic rings. The molecule has 0 bridgehead atoms. The average Bonchev–Trinajstić information content (AvgIpc) is 3.28. The van der Waals surface area contributed by atoms with Gasteiger partial charge < -0.3 is 8.98 Å². The number of hydrogen-bond donors (Lipinski definition) is 0. The van der Waals surface area contributed by atoms with Crippen molar-refractivity contribution >= 4 is 10.0 Å². The van der Waals surface area contributed by atoms with Crippen LogP contribution in [0.1, 0.15) is 24.4 Å². The highest BCUT2D eigenvalue weighted by Gasteiger charge is 2.30. The predicted molar refractivity (Wildman–Crippen MR) is 90.2 cm³/mol. The van der Waals surface area contributed by atoms with Crippen molar-refractivity contribution in [1.82, 2.24) is 18.8 Å². The number of hydrogen-bond acceptors (Lipinski definition) is 5. The molecule has 0 radical (unpaired) electrons. The number of imidazole rings is 1. The summed E-state index contributed by atoms with van der Waals surface area (Å²) in [7, 11) is -1.93. The summed E-state index contributed by atoms with van der Waals surface area (Å²) in [4.78, 5) is 5.68. The Bertz CT molecular complexity index is 870. The quantitative estimate of drug-likeness (QED) is 0.706. The molecular weight excluding hydrogens is 385 g/mol. The van der Waals surface area contributed by atoms with E-state index in [4.69, 9.17) is 4.42 Å². The van der Waals surface area contributed by atoms with Crippen molar-refractivity contribution in [3.05, 3.63) is 36.1 Å². The molecular formula is C16H21F3N4O3S. The molecule has 0 atom stereocenters. The Morgan fingerprint density at radius 3 is 2.59 bits per heavy atom. The van der Waals surface area contributed by atoms with Gasteiger partial charge in [0.25, 0.3) is 10.0 Å². The number of furan rings is 1. The molecule has 0 N–H and O–H groups in total. The number of rotatable bonds is 7. The number of nitrogens with zero attached hydrogens (tertiary/aromatic N) is 4. The molecule has 1 aliphatic rings. The summed E-state index contributed by atoms with van der Waals surface area (Å²) in [5, 5.41) is -0.105. The van der Waals surface area contributed by atoms with Crippen molar-refractivity contribution in [3.8, 4) is 0 Å². The summed E-state index contributed by atoms with van der Waals surface area (Å²) in [6.07, 6.45) is -0.0547. The molecule has 0 spiro atoms. The molecule has 11 heteroatoms. The minimum Gasteiger partial charge on any atom is -0.447 e. The standard InChI is InChI=1S/C16H21F3N4O3S/c1-21(11-14-20-6-9-22(14)12-16(17,18)19)10-13-4-5-15(26-13)27(24,25)23-7-2-3-8-23/h4-6,9H,2-3,7-8,10-12H2,1H3. The van der Waals surface area contributed by atoms with Gasteiger partial charge >= 0.3 is 6.18 Å². The van der Waals surface area contributed by atoms with Gasteiger partial charge in [-0.2, -0.15) is 17.5 Å². The van der Waals surface area contributed by atoms with Crippen LogP contribution in [0.2, 0.25) is 0 Å². The predicted octanol–water partition coefficient (Wildman–Crippen LogP) is 2.45. The van der Waals surface area contributed by atoms with Gasteiger partial charge in [0.2, 0.25) is 5.09 Å². The Morgan fingerprint density at radius 2 is 1.93 bits per heavy atom. The van der Waals surface area contributed by atoms with Gasteiger partial charge in [0.15, 0.2) is 0 Å². The van der Waals surface area contributed by atoms with E-state index in [1.165, 1.54) is 22.8 Å². The van der Waals surface area contributed by atoms with E-state index in [-0.39, 0.29) is 24.0 Å². The second-order valence-corrected chi connectivity index (χ2v) is 8.46. The summed E-state index contributed by atoms with van der Waals surface area (Å²) < 4.78 is 70.6. The molecule has 0 aliphatic carbocycles. The van der Waals surface area contributed by atoms with Gasteiger partial charge in [-0.15, -0.1) is 0 Å². The lowest BCUT2D eigenvalue weighted by atomic mass is 10.4. The van der Waals surface area contributed by atoms with Crippen molar-refractivity contribution in [1.29, 1.82) is 0 Å². The summed E-state index contributed by atoms with van der Waals surface area (Å²) in [5.41, 5.74) is 0. The zero-order valence-electron chi connectivity index (χ0n) is 14.8. The Balaban J connectivity index is 1.63. The van der Waals surface area contributed by atoms with Crippen LogP contribution < -0.4 is 0 Å². The third kappa shape index (κ3) is 4.90. The van der Waals surface area contributed by atoms with Crippen LogP contribution >= 0.6 is 0 Å². The molecule has 150 valence electrons. The third-order valence-electron chi connectivity index (χ3n) is 4.28. The number of alkyl halides is 3. The SMILES string of the molecule is CN(Cc1ccc(S(=O)(=O)N2CCCC2)o1)Cc1nccn1CC(F)(F)F. The van der Waals surface area contributed by atoms with Gasteiger partial charge in [0.05, 0.1) is 13.1 Å². The fourth-order valence-electron chi connectivity index (χ4n) is 3.03. The van der Waals surface area contributed by atoms with Gasteiger partial charge in [-0.1, -0.05) is 0 Å². The van der Waals surface area contributed by atoms with Crippen LogP contribution in [0.5, 0.6) is 0 Å². The maximum absolute atomic E-state index is 12.6. The maximum Gasteiger partial charge on any atom is 0.406 e. The fraction of sp³-hybridized carbons (Fsp3) is 0.562. The normalized spacial score (nSPS) is 16.5. The van der Waals surface area contributed by atoms with Crippen LogP contribution in [0, 0.1) is 0 Å². The maximum atomic E-state index is 12.6. The molecule has 27 heavy (non-hydrogen) atoms. The minimum absolute atomic E-state index is 0.105. The van der Waals surface area contributed by atoms with Crippen molar-refractivity contribution < 1.29 is 26.0 Å². The summed E-state index contributed by atoms with van der Waals surface area (Å²) in [6, 6.07) is 2.99. The van der Waals surface area contributed by atoms with Crippen LogP contribution in [-0.4, -0.2) is 53.5 Å². The van der Waals surface area contributed by atoms with Crippen molar-refractivity contribution in [2.45, 2.75) is 43.7 Å². The molecule has 0 amide bonds. The van der Waals surface area contributed by atoms with Crippen LogP contribution in [0.25, 0.3) is 0 Å². The second kappa shape index (κ2) is 7.64. The third-order valence-corrected chi connectivity index (χ3v) is 6.06. The smallest absolute Gasteiger partial charge is 0.406 e. The van der Waals surface area contributed by atoms with E-state index < -0.39 is 22.7 Å². The molecule has 7 nitrogen and oxygen atoms in total. The summed E-state index contributed by atoms with van der Waals surface area (Å²) in [5.74, 6) is 0.690. The van der Waals surface area contributed by atoms with Crippen LogP contribution in [0.3, 0.4) is 0 Å². The lowest BCUT2D eigenvalue weighted by Crippen LogP contribution is -2.27. The van der Waals surface area contributed by atoms with E-state index in [2.05, 4.69) is 4.98 Å². The number of halogens is 3. The van der Waals surface area contributed by atoms with Crippen LogP contribution in [0.4, 0.5) is 13.2 Å². The largest absolute Gasteiger partial charge is 0.447 e. The molecule has 3 rings (SSSR count). The van der Waals surface area contributed by atoms with Gasteiger partial charge in [-0.3, -0.25) is 4.90 Å². The van der Waals surface area contributed by atoms with Crippen molar-refractivity contribution in [2.75, 3.05) is 20.1 Å². The zero-order valence-corrected chi connectivity index (χ0v) is 15.6. The van der Waals surface area contributed by atoms with Gasteiger partial charge in [0, 0.05) is 25.5 Å². The molecule has 0 aromatic carbocycles. The van der Waals surface area contributed by atoms with E-state index in [0.29, 0.717) is 18.8 Å². The average molecular weight is 406 g/mol. The van der Waals surface area contributed by atoms with E-state index in [0.717, 1.165) is 17.4 Å². The van der Waals surface area contributed by atoms with Gasteiger partial charge in [-0.05, 0) is 32.0 Å². The van der Waals surface area contributed by atoms with Crippen molar-refractivity contribution in [3.63, 3.8) is 0 Å². The Kier molecular flexibility index (Phi) is 5.63. The highest BCUT2D eigenvalue weighted by Crippen LogP contribution is 2.23. The monoisotopic (exact) mass is 406 g/mol. The van der Waals surface area contributed by atoms with Crippen LogP contribution in [0.15, 0.2) is 34.0 Å². The van der Waals surface area contributed by atoms with E-state index in [1.807, 2.05) is 0 Å². The first-order valence-electron chi connectivity index (χ1n) is 8.49. The zero-order chi connectivity index (χ0) is 19.7. The highest BCUT2D eigenvalue weighted by molar-refractivity contribution is 7.89. The first kappa shape index (κ1) is 19.9. The lowest BCUT2D eigenvalue weighted by Gasteiger charge is -2.17. The molecule has 3 heterocycles. The van der Waals surface area contributed by atoms with E-state index in [1.54, 1.807) is 18.0 Å². The van der Waals surface area contributed by atoms with Gasteiger partial charge in [-0.25, -0.2) is 13.4 Å². The number of sulfonamides is 1. The Hall–Kier alpha value is -1.85. The molecule has 1 fully saturated rings. The molecule has 0 saturated carbocycles. The fourth-order valence-corrected chi connectivity index (χ4v) is 4.48. The van der Waals surface area contributed by atoms with Gasteiger partial charge in [0.1, 0.15) is 18.1 Å². The van der Waals surface area contributed by atoms with Crippen molar-refractivity contribution in [2.24, 2.45) is 0 Å². The summed E-state index contributed by atoms with van der Waals surface area (Å²) >= 11 is 0. The topological polar surface area (TPSA) is 71.6 Å². The molecule has 1 saturated heterocycles. The summed E-state index contributed by atoms with van der Waals surface area (Å²) in [6.45, 7) is 0.280. The number of aromatic nitrogens is 2. The lowest BCUT2D eigenvalue weighted by molar-refractivity contribution is -0.141. The Morgan fingerprint density at radius 1 is 1.22 bits per heavy atom. The van der Waals surface area contributed by atoms with E-state index in [9.17, 15) is 21.6 Å². The van der Waals surface area contributed by atoms with E-state index >= 15 is 0 Å². The van der Waals surface area contributed by atoms with Crippen LogP contribution in [-0.2, 0) is 29.7 Å². The first-order valence-corrected chi connectivity index (χ1v) is 9.93. The molecule has 2 aromatic heterocycles. The minimum atomic E-state index is -4.33. The Labute approximate surface area is 155 Å². The second-order valence-electron chi connectivity index (χ2n) is 6.59. The molecule has 0 unspecified atom stereocenters. The first-order chi connectivity index (χ1) is 12.6. The molecule has 1 aliphatic heterocycles. The highest BCUT2D eigenvalue weighted by atomic mass is 32.2.